The summed E-state index contributed by atoms with van der Waals surface area (Å²) in [4.78, 5) is -0.00539. The van der Waals surface area contributed by atoms with Crippen LogP contribution in [0.1, 0.15) is 37.8 Å². The smallest absolute Gasteiger partial charge is 0.241 e. The second kappa shape index (κ2) is 5.09. The Hall–Kier alpha value is -0.980. The first-order chi connectivity index (χ1) is 9.17. The van der Waals surface area contributed by atoms with Gasteiger partial charge in [0.1, 0.15) is 5.82 Å². The Balaban J connectivity index is 2.36. The first-order valence-corrected chi connectivity index (χ1v) is 8.09. The van der Waals surface area contributed by atoms with E-state index in [-0.39, 0.29) is 16.0 Å². The largest absolute Gasteiger partial charge is 0.392 e. The molecule has 0 bridgehead atoms. The Kier molecular flexibility index (Phi) is 3.92. The molecule has 20 heavy (non-hydrogen) atoms. The van der Waals surface area contributed by atoms with Crippen LogP contribution in [0.15, 0.2) is 17.0 Å². The van der Waals surface area contributed by atoms with Gasteiger partial charge in [0.2, 0.25) is 10.0 Å². The maximum absolute atomic E-state index is 13.7. The molecule has 0 amide bonds. The molecule has 2 N–H and O–H groups in total. The standard InChI is InChI=1S/C14H20FNO3S/c1-9-6-12(7-10(8-17)13(9)15)20(18,19)16-14(2,3)11-4-5-11/h6-7,11,16-17H,4-5,8H2,1-3H3. The first-order valence-electron chi connectivity index (χ1n) is 6.61. The molecule has 1 saturated carbocycles. The summed E-state index contributed by atoms with van der Waals surface area (Å²) in [5.41, 5.74) is -0.309. The monoisotopic (exact) mass is 301 g/mol. The highest BCUT2D eigenvalue weighted by Crippen LogP contribution is 2.40. The van der Waals surface area contributed by atoms with Crippen molar-refractivity contribution in [3.05, 3.63) is 29.1 Å². The summed E-state index contributed by atoms with van der Waals surface area (Å²) in [6.45, 7) is 4.67. The quantitative estimate of drug-likeness (QED) is 0.875. The number of aliphatic hydroxyl groups excluding tert-OH is 1. The van der Waals surface area contributed by atoms with Crippen molar-refractivity contribution in [2.45, 2.75) is 50.7 Å². The summed E-state index contributed by atoms with van der Waals surface area (Å²) >= 11 is 0. The second-order valence-electron chi connectivity index (χ2n) is 5.97. The van der Waals surface area contributed by atoms with Gasteiger partial charge in [-0.2, -0.15) is 0 Å². The van der Waals surface area contributed by atoms with Crippen molar-refractivity contribution in [2.24, 2.45) is 5.92 Å². The predicted octanol–water partition coefficient (Wildman–Crippen LogP) is 2.09. The molecular weight excluding hydrogens is 281 g/mol. The van der Waals surface area contributed by atoms with E-state index in [1.807, 2.05) is 13.8 Å². The third-order valence-corrected chi connectivity index (χ3v) is 5.43. The van der Waals surface area contributed by atoms with Gasteiger partial charge in [0.25, 0.3) is 0 Å². The summed E-state index contributed by atoms with van der Waals surface area (Å²) in [5.74, 6) is -0.218. The summed E-state index contributed by atoms with van der Waals surface area (Å²) < 4.78 is 41.1. The molecular formula is C14H20FNO3S. The molecule has 2 rings (SSSR count). The summed E-state index contributed by atoms with van der Waals surface area (Å²) in [6.07, 6.45) is 2.03. The molecule has 4 nitrogen and oxygen atoms in total. The molecule has 0 spiro atoms. The topological polar surface area (TPSA) is 66.4 Å². The van der Waals surface area contributed by atoms with Crippen molar-refractivity contribution in [1.29, 1.82) is 0 Å². The van der Waals surface area contributed by atoms with Crippen LogP contribution >= 0.6 is 0 Å². The molecule has 1 aromatic rings. The number of aryl methyl sites for hydroxylation is 1. The maximum Gasteiger partial charge on any atom is 0.241 e. The van der Waals surface area contributed by atoms with Crippen LogP contribution in [0.2, 0.25) is 0 Å². The van der Waals surface area contributed by atoms with Gasteiger partial charge in [0.05, 0.1) is 11.5 Å². The minimum atomic E-state index is -3.72. The highest BCUT2D eigenvalue weighted by Gasteiger charge is 2.40. The van der Waals surface area contributed by atoms with Crippen molar-refractivity contribution in [3.63, 3.8) is 0 Å². The number of hydrogen-bond donors (Lipinski definition) is 2. The van der Waals surface area contributed by atoms with E-state index >= 15 is 0 Å². The Morgan fingerprint density at radius 1 is 1.40 bits per heavy atom. The molecule has 1 aliphatic rings. The molecule has 6 heteroatoms. The number of rotatable bonds is 5. The van der Waals surface area contributed by atoms with E-state index in [1.54, 1.807) is 0 Å². The maximum atomic E-state index is 13.7. The van der Waals surface area contributed by atoms with Crippen molar-refractivity contribution >= 4 is 10.0 Å². The van der Waals surface area contributed by atoms with E-state index in [2.05, 4.69) is 4.72 Å². The molecule has 0 atom stereocenters. The number of halogens is 1. The van der Waals surface area contributed by atoms with E-state index in [4.69, 9.17) is 5.11 Å². The van der Waals surface area contributed by atoms with Crippen LogP contribution in [0.25, 0.3) is 0 Å². The van der Waals surface area contributed by atoms with Crippen LogP contribution in [-0.4, -0.2) is 19.1 Å². The third kappa shape index (κ3) is 3.02. The lowest BCUT2D eigenvalue weighted by Crippen LogP contribution is -2.45. The zero-order valence-corrected chi connectivity index (χ0v) is 12.7. The number of sulfonamides is 1. The molecule has 112 valence electrons. The molecule has 0 heterocycles. The predicted molar refractivity (Wildman–Crippen MR) is 74.2 cm³/mol. The Labute approximate surface area is 119 Å². The van der Waals surface area contributed by atoms with Gasteiger partial charge in [0, 0.05) is 11.1 Å². The molecule has 0 aromatic heterocycles. The minimum absolute atomic E-state index is 0.00500. The summed E-state index contributed by atoms with van der Waals surface area (Å²) in [7, 11) is -3.72. The molecule has 0 unspecified atom stereocenters. The van der Waals surface area contributed by atoms with Crippen molar-refractivity contribution < 1.29 is 17.9 Å². The lowest BCUT2D eigenvalue weighted by atomic mass is 10.0. The summed E-state index contributed by atoms with van der Waals surface area (Å²) in [6, 6.07) is 2.48. The van der Waals surface area contributed by atoms with E-state index in [1.165, 1.54) is 19.1 Å². The zero-order chi connectivity index (χ0) is 15.1. The lowest BCUT2D eigenvalue weighted by Gasteiger charge is -2.26. The van der Waals surface area contributed by atoms with Crippen molar-refractivity contribution in [2.75, 3.05) is 0 Å². The van der Waals surface area contributed by atoms with Gasteiger partial charge < -0.3 is 5.11 Å². The number of benzene rings is 1. The van der Waals surface area contributed by atoms with E-state index in [0.29, 0.717) is 5.92 Å². The number of aliphatic hydroxyl groups is 1. The zero-order valence-electron chi connectivity index (χ0n) is 11.9. The highest BCUT2D eigenvalue weighted by molar-refractivity contribution is 7.89. The Morgan fingerprint density at radius 2 is 2.00 bits per heavy atom. The van der Waals surface area contributed by atoms with Gasteiger partial charge in [-0.05, 0) is 57.2 Å². The average Bonchev–Trinajstić information content (AvgIpc) is 3.15. The van der Waals surface area contributed by atoms with Crippen LogP contribution in [-0.2, 0) is 16.6 Å². The van der Waals surface area contributed by atoms with Gasteiger partial charge in [-0.3, -0.25) is 0 Å². The molecule has 1 aromatic carbocycles. The number of hydrogen-bond acceptors (Lipinski definition) is 3. The van der Waals surface area contributed by atoms with Crippen LogP contribution in [0.3, 0.4) is 0 Å². The van der Waals surface area contributed by atoms with Crippen LogP contribution in [0.5, 0.6) is 0 Å². The van der Waals surface area contributed by atoms with Crippen LogP contribution in [0.4, 0.5) is 4.39 Å². The third-order valence-electron chi connectivity index (χ3n) is 3.78. The normalized spacial score (nSPS) is 16.4. The molecule has 1 fully saturated rings. The lowest BCUT2D eigenvalue weighted by molar-refractivity contribution is 0.275. The summed E-state index contributed by atoms with van der Waals surface area (Å²) in [5, 5.41) is 9.11. The Bertz CT molecular complexity index is 622. The van der Waals surface area contributed by atoms with Gasteiger partial charge in [-0.25, -0.2) is 17.5 Å². The SMILES string of the molecule is Cc1cc(S(=O)(=O)NC(C)(C)C2CC2)cc(CO)c1F. The highest BCUT2D eigenvalue weighted by atomic mass is 32.2. The molecule has 1 aliphatic carbocycles. The van der Waals surface area contributed by atoms with Crippen LogP contribution in [0, 0.1) is 18.7 Å². The molecule has 0 saturated heterocycles. The first kappa shape index (κ1) is 15.4. The second-order valence-corrected chi connectivity index (χ2v) is 7.66. The molecule has 0 radical (unpaired) electrons. The van der Waals surface area contributed by atoms with E-state index in [9.17, 15) is 12.8 Å². The van der Waals surface area contributed by atoms with Crippen LogP contribution < -0.4 is 4.72 Å². The fraction of sp³-hybridized carbons (Fsp3) is 0.571. The molecule has 0 aliphatic heterocycles. The fourth-order valence-electron chi connectivity index (χ4n) is 2.37. The van der Waals surface area contributed by atoms with Gasteiger partial charge in [-0.15, -0.1) is 0 Å². The minimum Gasteiger partial charge on any atom is -0.392 e. The van der Waals surface area contributed by atoms with Gasteiger partial charge in [-0.1, -0.05) is 0 Å². The van der Waals surface area contributed by atoms with Gasteiger partial charge in [0.15, 0.2) is 0 Å². The van der Waals surface area contributed by atoms with E-state index in [0.717, 1.165) is 12.8 Å². The fourth-order valence-corrected chi connectivity index (χ4v) is 3.98. The van der Waals surface area contributed by atoms with Crippen molar-refractivity contribution in [1.82, 2.24) is 4.72 Å². The average molecular weight is 301 g/mol. The van der Waals surface area contributed by atoms with Gasteiger partial charge >= 0.3 is 0 Å². The number of nitrogens with one attached hydrogen (secondary N) is 1. The Morgan fingerprint density at radius 3 is 2.50 bits per heavy atom. The van der Waals surface area contributed by atoms with E-state index < -0.39 is 28.0 Å². The van der Waals surface area contributed by atoms with Crippen molar-refractivity contribution in [3.8, 4) is 0 Å².